The Morgan fingerprint density at radius 3 is 2.12 bits per heavy atom. The number of H-pyrrole nitrogens is 1. The predicted molar refractivity (Wildman–Crippen MR) is 121 cm³/mol. The van der Waals surface area contributed by atoms with E-state index in [0.717, 1.165) is 16.9 Å². The molecule has 1 aromatic carbocycles. The molecule has 1 aliphatic heterocycles. The molecule has 0 aliphatic carbocycles. The van der Waals surface area contributed by atoms with Crippen molar-refractivity contribution < 1.29 is 9.59 Å². The minimum absolute atomic E-state index is 0.0665. The summed E-state index contributed by atoms with van der Waals surface area (Å²) in [5, 5.41) is 4.52. The van der Waals surface area contributed by atoms with Gasteiger partial charge in [0.15, 0.2) is 0 Å². The fourth-order valence-corrected chi connectivity index (χ4v) is 3.98. The SMILES string of the molecule is Cc1ccc(-n2ncc(C(=O)N3CCN(C(=O)c4ccc(=O)[nH]c4)CC3)c2C(C)C)cc1. The maximum Gasteiger partial charge on any atom is 0.257 e. The van der Waals surface area contributed by atoms with Crippen LogP contribution in [0.25, 0.3) is 5.69 Å². The molecular weight excluding hydrogens is 406 g/mol. The van der Waals surface area contributed by atoms with Crippen molar-refractivity contribution in [3.05, 3.63) is 81.5 Å². The highest BCUT2D eigenvalue weighted by Crippen LogP contribution is 2.25. The molecule has 32 heavy (non-hydrogen) atoms. The van der Waals surface area contributed by atoms with Crippen molar-refractivity contribution >= 4 is 11.8 Å². The molecule has 0 saturated carbocycles. The fraction of sp³-hybridized carbons (Fsp3) is 0.333. The molecule has 1 fully saturated rings. The van der Waals surface area contributed by atoms with Crippen molar-refractivity contribution in [2.75, 3.05) is 26.2 Å². The molecule has 0 atom stereocenters. The topological polar surface area (TPSA) is 91.3 Å². The number of pyridine rings is 1. The lowest BCUT2D eigenvalue weighted by atomic mass is 10.0. The first-order valence-corrected chi connectivity index (χ1v) is 10.8. The number of rotatable bonds is 4. The van der Waals surface area contributed by atoms with Crippen LogP contribution in [0.5, 0.6) is 0 Å². The molecule has 2 amide bonds. The van der Waals surface area contributed by atoms with Crippen LogP contribution in [0.15, 0.2) is 53.6 Å². The van der Waals surface area contributed by atoms with Gasteiger partial charge in [0.05, 0.1) is 28.7 Å². The molecule has 166 valence electrons. The summed E-state index contributed by atoms with van der Waals surface area (Å²) in [5.41, 5.74) is 3.76. The second kappa shape index (κ2) is 8.82. The monoisotopic (exact) mass is 433 g/mol. The van der Waals surface area contributed by atoms with E-state index in [1.165, 1.54) is 18.3 Å². The normalized spacial score (nSPS) is 14.1. The number of carbonyl (C=O) groups excluding carboxylic acids is 2. The van der Waals surface area contributed by atoms with Gasteiger partial charge in [-0.25, -0.2) is 4.68 Å². The molecular formula is C24H27N5O3. The van der Waals surface area contributed by atoms with E-state index >= 15 is 0 Å². The molecule has 2 aromatic heterocycles. The van der Waals surface area contributed by atoms with Crippen LogP contribution in [0.4, 0.5) is 0 Å². The number of piperazine rings is 1. The van der Waals surface area contributed by atoms with E-state index in [-0.39, 0.29) is 23.3 Å². The van der Waals surface area contributed by atoms with E-state index in [2.05, 4.69) is 23.9 Å². The number of aryl methyl sites for hydroxylation is 1. The van der Waals surface area contributed by atoms with Crippen LogP contribution < -0.4 is 5.56 Å². The van der Waals surface area contributed by atoms with Crippen molar-refractivity contribution in [1.29, 1.82) is 0 Å². The van der Waals surface area contributed by atoms with E-state index in [4.69, 9.17) is 0 Å². The Balaban J connectivity index is 1.49. The molecule has 1 N–H and O–H groups in total. The molecule has 0 spiro atoms. The number of hydrogen-bond acceptors (Lipinski definition) is 4. The molecule has 8 nitrogen and oxygen atoms in total. The highest BCUT2D eigenvalue weighted by Gasteiger charge is 2.29. The van der Waals surface area contributed by atoms with E-state index < -0.39 is 0 Å². The number of carbonyl (C=O) groups is 2. The first-order valence-electron chi connectivity index (χ1n) is 10.8. The van der Waals surface area contributed by atoms with Crippen LogP contribution in [0, 0.1) is 6.92 Å². The first kappa shape index (κ1) is 21.5. The Kier molecular flexibility index (Phi) is 5.94. The molecule has 3 heterocycles. The van der Waals surface area contributed by atoms with Crippen LogP contribution in [-0.2, 0) is 0 Å². The quantitative estimate of drug-likeness (QED) is 0.685. The highest BCUT2D eigenvalue weighted by atomic mass is 16.2. The van der Waals surface area contributed by atoms with Crippen LogP contribution in [0.1, 0.15) is 51.7 Å². The average molecular weight is 434 g/mol. The molecule has 0 radical (unpaired) electrons. The van der Waals surface area contributed by atoms with Crippen LogP contribution in [0.2, 0.25) is 0 Å². The summed E-state index contributed by atoms with van der Waals surface area (Å²) in [6, 6.07) is 10.9. The van der Waals surface area contributed by atoms with Gasteiger partial charge in [-0.15, -0.1) is 0 Å². The Hall–Kier alpha value is -3.68. The molecule has 3 aromatic rings. The molecule has 8 heteroatoms. The summed E-state index contributed by atoms with van der Waals surface area (Å²) >= 11 is 0. The summed E-state index contributed by atoms with van der Waals surface area (Å²) in [6.07, 6.45) is 3.08. The standard InChI is InChI=1S/C24H27N5O3/c1-16(2)22-20(15-26-29(22)19-7-4-17(3)5-8-19)24(32)28-12-10-27(11-13-28)23(31)18-6-9-21(30)25-14-18/h4-9,14-16H,10-13H2,1-3H3,(H,25,30). The zero-order chi connectivity index (χ0) is 22.8. The van der Waals surface area contributed by atoms with Gasteiger partial charge >= 0.3 is 0 Å². The Labute approximate surface area is 186 Å². The molecule has 0 unspecified atom stereocenters. The summed E-state index contributed by atoms with van der Waals surface area (Å²) in [7, 11) is 0. The zero-order valence-corrected chi connectivity index (χ0v) is 18.5. The third-order valence-corrected chi connectivity index (χ3v) is 5.75. The van der Waals surface area contributed by atoms with Crippen molar-refractivity contribution in [2.24, 2.45) is 0 Å². The summed E-state index contributed by atoms with van der Waals surface area (Å²) in [5.74, 6) is -0.104. The number of aromatic nitrogens is 3. The maximum atomic E-state index is 13.3. The van der Waals surface area contributed by atoms with Crippen molar-refractivity contribution in [3.8, 4) is 5.69 Å². The third-order valence-electron chi connectivity index (χ3n) is 5.75. The van der Waals surface area contributed by atoms with Crippen LogP contribution in [-0.4, -0.2) is 62.6 Å². The lowest BCUT2D eigenvalue weighted by Gasteiger charge is -2.35. The van der Waals surface area contributed by atoms with Gasteiger partial charge in [-0.2, -0.15) is 5.10 Å². The fourth-order valence-electron chi connectivity index (χ4n) is 3.98. The zero-order valence-electron chi connectivity index (χ0n) is 18.5. The number of aromatic amines is 1. The predicted octanol–water partition coefficient (Wildman–Crippen LogP) is 2.59. The second-order valence-corrected chi connectivity index (χ2v) is 8.37. The third kappa shape index (κ3) is 4.21. The minimum atomic E-state index is -0.246. The van der Waals surface area contributed by atoms with Gasteiger partial charge < -0.3 is 14.8 Å². The maximum absolute atomic E-state index is 13.3. The number of amides is 2. The van der Waals surface area contributed by atoms with Crippen LogP contribution in [0.3, 0.4) is 0 Å². The smallest absolute Gasteiger partial charge is 0.257 e. The van der Waals surface area contributed by atoms with E-state index in [1.807, 2.05) is 35.9 Å². The van der Waals surface area contributed by atoms with Crippen molar-refractivity contribution in [3.63, 3.8) is 0 Å². The van der Waals surface area contributed by atoms with Gasteiger partial charge in [0, 0.05) is 38.4 Å². The largest absolute Gasteiger partial charge is 0.335 e. The van der Waals surface area contributed by atoms with E-state index in [9.17, 15) is 14.4 Å². The average Bonchev–Trinajstić information content (AvgIpc) is 3.25. The van der Waals surface area contributed by atoms with E-state index in [0.29, 0.717) is 37.3 Å². The van der Waals surface area contributed by atoms with Crippen molar-refractivity contribution in [1.82, 2.24) is 24.6 Å². The summed E-state index contributed by atoms with van der Waals surface area (Å²) in [4.78, 5) is 43.2. The van der Waals surface area contributed by atoms with Gasteiger partial charge in [0.1, 0.15) is 0 Å². The Morgan fingerprint density at radius 2 is 1.56 bits per heavy atom. The number of hydrogen-bond donors (Lipinski definition) is 1. The van der Waals surface area contributed by atoms with Gasteiger partial charge in [0.25, 0.3) is 11.8 Å². The second-order valence-electron chi connectivity index (χ2n) is 8.37. The number of nitrogens with zero attached hydrogens (tertiary/aromatic N) is 4. The van der Waals surface area contributed by atoms with Gasteiger partial charge in [-0.3, -0.25) is 14.4 Å². The van der Waals surface area contributed by atoms with Gasteiger partial charge in [0.2, 0.25) is 5.56 Å². The molecule has 0 bridgehead atoms. The van der Waals surface area contributed by atoms with Gasteiger partial charge in [-0.1, -0.05) is 31.5 Å². The molecule has 1 aliphatic rings. The number of benzene rings is 1. The first-order chi connectivity index (χ1) is 15.3. The lowest BCUT2D eigenvalue weighted by molar-refractivity contribution is 0.0534. The minimum Gasteiger partial charge on any atom is -0.335 e. The Bertz CT molecular complexity index is 1160. The number of nitrogens with one attached hydrogen (secondary N) is 1. The lowest BCUT2D eigenvalue weighted by Crippen LogP contribution is -2.50. The Morgan fingerprint density at radius 1 is 0.938 bits per heavy atom. The van der Waals surface area contributed by atoms with Crippen molar-refractivity contribution in [2.45, 2.75) is 26.7 Å². The van der Waals surface area contributed by atoms with Gasteiger partial charge in [-0.05, 0) is 31.0 Å². The molecule has 4 rings (SSSR count). The van der Waals surface area contributed by atoms with E-state index in [1.54, 1.807) is 16.0 Å². The van der Waals surface area contributed by atoms with Crippen LogP contribution >= 0.6 is 0 Å². The summed E-state index contributed by atoms with van der Waals surface area (Å²) < 4.78 is 1.84. The highest BCUT2D eigenvalue weighted by molar-refractivity contribution is 5.96. The molecule has 1 saturated heterocycles. The summed E-state index contributed by atoms with van der Waals surface area (Å²) in [6.45, 7) is 7.91.